The van der Waals surface area contributed by atoms with E-state index < -0.39 is 5.60 Å². The first-order valence-electron chi connectivity index (χ1n) is 10.9. The third-order valence-corrected chi connectivity index (χ3v) is 5.50. The van der Waals surface area contributed by atoms with Crippen molar-refractivity contribution < 1.29 is 9.53 Å². The summed E-state index contributed by atoms with van der Waals surface area (Å²) in [5.41, 5.74) is 4.53. The zero-order valence-corrected chi connectivity index (χ0v) is 18.7. The van der Waals surface area contributed by atoms with Crippen LogP contribution in [0.5, 0.6) is 0 Å². The molecule has 1 aliphatic rings. The van der Waals surface area contributed by atoms with Crippen LogP contribution in [0.15, 0.2) is 42.6 Å². The minimum atomic E-state index is -0.493. The van der Waals surface area contributed by atoms with Gasteiger partial charge in [0.25, 0.3) is 0 Å². The molecule has 0 saturated carbocycles. The van der Waals surface area contributed by atoms with Gasteiger partial charge in [-0.1, -0.05) is 36.4 Å². The lowest BCUT2D eigenvalue weighted by Crippen LogP contribution is -2.42. The number of likely N-dealkylation sites (tertiary alicyclic amines) is 1. The molecule has 0 bridgehead atoms. The van der Waals surface area contributed by atoms with Gasteiger partial charge in [-0.15, -0.1) is 0 Å². The lowest BCUT2D eigenvalue weighted by molar-refractivity contribution is 0.0196. The molecule has 4 rings (SSSR count). The van der Waals surface area contributed by atoms with Gasteiger partial charge in [0, 0.05) is 30.8 Å². The lowest BCUT2D eigenvalue weighted by Gasteiger charge is -2.34. The Labute approximate surface area is 183 Å². The van der Waals surface area contributed by atoms with Gasteiger partial charge in [0.05, 0.1) is 11.4 Å². The molecule has 6 heteroatoms. The molecule has 0 spiro atoms. The maximum absolute atomic E-state index is 12.6. The normalized spacial score (nSPS) is 17.4. The topological polar surface area (TPSA) is 59.7 Å². The van der Waals surface area contributed by atoms with Crippen LogP contribution in [0.25, 0.3) is 17.8 Å². The fourth-order valence-corrected chi connectivity index (χ4v) is 4.04. The molecule has 1 saturated heterocycles. The average Bonchev–Trinajstić information content (AvgIpc) is 3.07. The summed E-state index contributed by atoms with van der Waals surface area (Å²) in [5, 5.41) is 4.80. The standard InChI is InChI=1S/C25H30N4O2/c1-18-21(13-12-19-9-6-5-7-10-19)23-26-15-14-22(29(23)27-18)20-11-8-16-28(17-20)24(30)31-25(2,3)4/h5-7,9-10,12-15,20H,8,11,16-17H2,1-4H3/b13-12+/t20-/m0/s1. The van der Waals surface area contributed by atoms with Crippen molar-refractivity contribution in [2.45, 2.75) is 52.1 Å². The van der Waals surface area contributed by atoms with Gasteiger partial charge in [-0.25, -0.2) is 14.3 Å². The second-order valence-electron chi connectivity index (χ2n) is 9.11. The van der Waals surface area contributed by atoms with Crippen molar-refractivity contribution in [3.05, 3.63) is 65.1 Å². The van der Waals surface area contributed by atoms with Gasteiger partial charge < -0.3 is 9.64 Å². The van der Waals surface area contributed by atoms with Gasteiger partial charge in [0.1, 0.15) is 5.60 Å². The van der Waals surface area contributed by atoms with E-state index in [0.29, 0.717) is 6.54 Å². The molecule has 1 aromatic carbocycles. The summed E-state index contributed by atoms with van der Waals surface area (Å²) >= 11 is 0. The van der Waals surface area contributed by atoms with Crippen LogP contribution in [0.4, 0.5) is 4.79 Å². The SMILES string of the molecule is Cc1nn2c([C@H]3CCCN(C(=O)OC(C)(C)C)C3)ccnc2c1/C=C/c1ccccc1. The molecular weight excluding hydrogens is 388 g/mol. The number of hydrogen-bond acceptors (Lipinski definition) is 4. The summed E-state index contributed by atoms with van der Waals surface area (Å²) in [4.78, 5) is 19.0. The molecule has 1 aliphatic heterocycles. The Morgan fingerprint density at radius 3 is 2.68 bits per heavy atom. The van der Waals surface area contributed by atoms with Crippen molar-refractivity contribution in [3.63, 3.8) is 0 Å². The third-order valence-electron chi connectivity index (χ3n) is 5.50. The number of piperidine rings is 1. The van der Waals surface area contributed by atoms with Crippen molar-refractivity contribution in [2.24, 2.45) is 0 Å². The molecule has 162 valence electrons. The van der Waals surface area contributed by atoms with Crippen molar-refractivity contribution >= 4 is 23.9 Å². The number of rotatable bonds is 3. The zero-order chi connectivity index (χ0) is 22.0. The van der Waals surface area contributed by atoms with Crippen LogP contribution in [-0.2, 0) is 4.74 Å². The summed E-state index contributed by atoms with van der Waals surface area (Å²) in [6, 6.07) is 12.2. The van der Waals surface area contributed by atoms with E-state index in [9.17, 15) is 4.79 Å². The van der Waals surface area contributed by atoms with Crippen LogP contribution in [0.1, 0.15) is 62.0 Å². The Hall–Kier alpha value is -3.15. The van der Waals surface area contributed by atoms with E-state index in [-0.39, 0.29) is 12.0 Å². The Morgan fingerprint density at radius 1 is 1.16 bits per heavy atom. The number of carbonyl (C=O) groups excluding carboxylic acids is 1. The predicted octanol–water partition coefficient (Wildman–Crippen LogP) is 5.32. The molecule has 6 nitrogen and oxygen atoms in total. The van der Waals surface area contributed by atoms with E-state index >= 15 is 0 Å². The van der Waals surface area contributed by atoms with Crippen LogP contribution in [0.2, 0.25) is 0 Å². The monoisotopic (exact) mass is 418 g/mol. The van der Waals surface area contributed by atoms with Crippen LogP contribution >= 0.6 is 0 Å². The zero-order valence-electron chi connectivity index (χ0n) is 18.7. The van der Waals surface area contributed by atoms with Gasteiger partial charge >= 0.3 is 6.09 Å². The Balaban J connectivity index is 1.61. The van der Waals surface area contributed by atoms with Crippen molar-refractivity contribution in [1.82, 2.24) is 19.5 Å². The van der Waals surface area contributed by atoms with Gasteiger partial charge in [-0.2, -0.15) is 5.10 Å². The largest absolute Gasteiger partial charge is 0.444 e. The number of aromatic nitrogens is 3. The molecule has 1 amide bonds. The average molecular weight is 419 g/mol. The quantitative estimate of drug-likeness (QED) is 0.577. The van der Waals surface area contributed by atoms with Crippen LogP contribution in [0, 0.1) is 6.92 Å². The number of fused-ring (bicyclic) bond motifs is 1. The number of hydrogen-bond donors (Lipinski definition) is 0. The molecule has 0 aliphatic carbocycles. The van der Waals surface area contributed by atoms with E-state index in [2.05, 4.69) is 29.3 Å². The Bertz CT molecular complexity index is 1100. The molecule has 3 heterocycles. The molecular formula is C25H30N4O2. The van der Waals surface area contributed by atoms with Crippen LogP contribution < -0.4 is 0 Å². The number of amides is 1. The van der Waals surface area contributed by atoms with Gasteiger partial charge in [-0.3, -0.25) is 0 Å². The van der Waals surface area contributed by atoms with E-state index in [4.69, 9.17) is 9.84 Å². The van der Waals surface area contributed by atoms with Crippen molar-refractivity contribution in [3.8, 4) is 0 Å². The highest BCUT2D eigenvalue weighted by Crippen LogP contribution is 2.29. The first-order valence-corrected chi connectivity index (χ1v) is 10.9. The summed E-state index contributed by atoms with van der Waals surface area (Å²) in [6.45, 7) is 9.06. The molecule has 1 fully saturated rings. The van der Waals surface area contributed by atoms with Gasteiger partial charge in [-0.05, 0) is 58.2 Å². The maximum Gasteiger partial charge on any atom is 0.410 e. The molecule has 1 atom stereocenters. The maximum atomic E-state index is 12.6. The highest BCUT2D eigenvalue weighted by molar-refractivity contribution is 5.77. The summed E-state index contributed by atoms with van der Waals surface area (Å²) in [7, 11) is 0. The molecule has 0 N–H and O–H groups in total. The molecule has 0 unspecified atom stereocenters. The smallest absolute Gasteiger partial charge is 0.410 e. The highest BCUT2D eigenvalue weighted by Gasteiger charge is 2.30. The molecule has 2 aromatic heterocycles. The van der Waals surface area contributed by atoms with E-state index in [0.717, 1.165) is 47.5 Å². The Morgan fingerprint density at radius 2 is 1.94 bits per heavy atom. The number of ether oxygens (including phenoxy) is 1. The third kappa shape index (κ3) is 4.79. The number of carbonyl (C=O) groups is 1. The molecule has 31 heavy (non-hydrogen) atoms. The lowest BCUT2D eigenvalue weighted by atomic mass is 9.94. The minimum absolute atomic E-state index is 0.192. The molecule has 3 aromatic rings. The summed E-state index contributed by atoms with van der Waals surface area (Å²) in [5.74, 6) is 0.192. The number of nitrogens with zero attached hydrogens (tertiary/aromatic N) is 4. The van der Waals surface area contributed by atoms with E-state index in [1.807, 2.05) is 67.6 Å². The first kappa shape index (κ1) is 21.1. The van der Waals surface area contributed by atoms with Gasteiger partial charge in [0.2, 0.25) is 0 Å². The second-order valence-corrected chi connectivity index (χ2v) is 9.11. The van der Waals surface area contributed by atoms with Crippen molar-refractivity contribution in [2.75, 3.05) is 13.1 Å². The summed E-state index contributed by atoms with van der Waals surface area (Å²) < 4.78 is 7.54. The second kappa shape index (κ2) is 8.53. The highest BCUT2D eigenvalue weighted by atomic mass is 16.6. The number of benzene rings is 1. The first-order chi connectivity index (χ1) is 14.8. The summed E-state index contributed by atoms with van der Waals surface area (Å²) in [6.07, 6.45) is 7.71. The number of aryl methyl sites for hydroxylation is 1. The van der Waals surface area contributed by atoms with Crippen molar-refractivity contribution in [1.29, 1.82) is 0 Å². The predicted molar refractivity (Wildman–Crippen MR) is 123 cm³/mol. The van der Waals surface area contributed by atoms with E-state index in [1.165, 1.54) is 0 Å². The van der Waals surface area contributed by atoms with Crippen LogP contribution in [-0.4, -0.2) is 44.3 Å². The minimum Gasteiger partial charge on any atom is -0.444 e. The molecule has 0 radical (unpaired) electrons. The fraction of sp³-hybridized carbons (Fsp3) is 0.400. The Kier molecular flexibility index (Phi) is 5.81. The fourth-order valence-electron chi connectivity index (χ4n) is 4.04. The van der Waals surface area contributed by atoms with E-state index in [1.54, 1.807) is 0 Å². The van der Waals surface area contributed by atoms with Gasteiger partial charge in [0.15, 0.2) is 5.65 Å². The van der Waals surface area contributed by atoms with Crippen LogP contribution in [0.3, 0.4) is 0 Å².